The standard InChI is InChI=1S/C18H18O2S/c19-21-14-18(12-16-9-5-2-6-10-16)17(13-20-21)11-15-7-3-1-4-8-15/h1-10H,11-14H2. The van der Waals surface area contributed by atoms with Crippen molar-refractivity contribution in [2.24, 2.45) is 0 Å². The zero-order chi connectivity index (χ0) is 14.5. The van der Waals surface area contributed by atoms with Gasteiger partial charge in [0, 0.05) is 0 Å². The third-order valence-corrected chi connectivity index (χ3v) is 4.64. The monoisotopic (exact) mass is 298 g/mol. The van der Waals surface area contributed by atoms with Gasteiger partial charge >= 0.3 is 0 Å². The highest BCUT2D eigenvalue weighted by Crippen LogP contribution is 2.22. The molecule has 1 aliphatic rings. The average molecular weight is 298 g/mol. The Bertz CT molecular complexity index is 647. The van der Waals surface area contributed by atoms with Gasteiger partial charge < -0.3 is 0 Å². The van der Waals surface area contributed by atoms with Gasteiger partial charge in [0.25, 0.3) is 0 Å². The van der Waals surface area contributed by atoms with Crippen molar-refractivity contribution in [2.75, 3.05) is 12.4 Å². The Kier molecular flexibility index (Phi) is 4.63. The largest absolute Gasteiger partial charge is 0.286 e. The molecule has 0 radical (unpaired) electrons. The van der Waals surface area contributed by atoms with Gasteiger partial charge in [-0.25, -0.2) is 4.21 Å². The van der Waals surface area contributed by atoms with Gasteiger partial charge in [-0.1, -0.05) is 60.7 Å². The fourth-order valence-electron chi connectivity index (χ4n) is 2.56. The molecule has 0 bridgehead atoms. The number of benzene rings is 2. The second-order valence-electron chi connectivity index (χ2n) is 5.24. The Hall–Kier alpha value is -1.71. The van der Waals surface area contributed by atoms with Gasteiger partial charge in [-0.2, -0.15) is 0 Å². The van der Waals surface area contributed by atoms with Gasteiger partial charge in [0.2, 0.25) is 0 Å². The third-order valence-electron chi connectivity index (χ3n) is 3.68. The van der Waals surface area contributed by atoms with Gasteiger partial charge in [0.15, 0.2) is 11.1 Å². The number of hydrogen-bond donors (Lipinski definition) is 0. The van der Waals surface area contributed by atoms with Gasteiger partial charge in [0.05, 0.1) is 12.4 Å². The first-order chi connectivity index (χ1) is 10.3. The molecule has 108 valence electrons. The van der Waals surface area contributed by atoms with E-state index in [9.17, 15) is 4.21 Å². The highest BCUT2D eigenvalue weighted by atomic mass is 32.2. The summed E-state index contributed by atoms with van der Waals surface area (Å²) in [6.45, 7) is 0.476. The zero-order valence-electron chi connectivity index (χ0n) is 11.8. The van der Waals surface area contributed by atoms with Crippen LogP contribution in [0, 0.1) is 0 Å². The summed E-state index contributed by atoms with van der Waals surface area (Å²) in [6, 6.07) is 20.7. The minimum Gasteiger partial charge on any atom is -0.286 e. The van der Waals surface area contributed by atoms with E-state index in [1.165, 1.54) is 22.3 Å². The van der Waals surface area contributed by atoms with E-state index < -0.39 is 11.1 Å². The van der Waals surface area contributed by atoms with Crippen LogP contribution in [0.1, 0.15) is 11.1 Å². The van der Waals surface area contributed by atoms with E-state index in [1.807, 2.05) is 24.3 Å². The lowest BCUT2D eigenvalue weighted by Gasteiger charge is -2.20. The maximum Gasteiger partial charge on any atom is 0.159 e. The van der Waals surface area contributed by atoms with E-state index in [0.717, 1.165) is 12.8 Å². The Morgan fingerprint density at radius 1 is 0.810 bits per heavy atom. The molecule has 1 aliphatic heterocycles. The number of rotatable bonds is 4. The van der Waals surface area contributed by atoms with Crippen LogP contribution < -0.4 is 0 Å². The van der Waals surface area contributed by atoms with Gasteiger partial charge in [-0.05, 0) is 35.1 Å². The molecule has 3 rings (SSSR count). The molecule has 21 heavy (non-hydrogen) atoms. The summed E-state index contributed by atoms with van der Waals surface area (Å²) in [5.74, 6) is 0.525. The van der Waals surface area contributed by atoms with Gasteiger partial charge in [-0.15, -0.1) is 0 Å². The molecule has 0 saturated carbocycles. The molecule has 0 fully saturated rings. The van der Waals surface area contributed by atoms with Crippen molar-refractivity contribution in [3.63, 3.8) is 0 Å². The Morgan fingerprint density at radius 2 is 1.33 bits per heavy atom. The van der Waals surface area contributed by atoms with Gasteiger partial charge in [-0.3, -0.25) is 4.18 Å². The van der Waals surface area contributed by atoms with Crippen LogP contribution in [-0.2, 0) is 28.1 Å². The molecule has 1 atom stereocenters. The molecule has 2 aromatic rings. The molecule has 1 unspecified atom stereocenters. The van der Waals surface area contributed by atoms with Crippen LogP contribution in [0.25, 0.3) is 0 Å². The molecule has 0 aromatic heterocycles. The summed E-state index contributed by atoms with van der Waals surface area (Å²) >= 11 is -1.18. The first kappa shape index (κ1) is 14.2. The molecule has 0 spiro atoms. The SMILES string of the molecule is O=S1CC(Cc2ccccc2)=C(Cc2ccccc2)CO1. The summed E-state index contributed by atoms with van der Waals surface area (Å²) in [5, 5.41) is 0. The predicted octanol–water partition coefficient (Wildman–Crippen LogP) is 3.46. The molecule has 0 N–H and O–H groups in total. The van der Waals surface area contributed by atoms with Crippen molar-refractivity contribution in [2.45, 2.75) is 12.8 Å². The minimum atomic E-state index is -1.18. The smallest absolute Gasteiger partial charge is 0.159 e. The quantitative estimate of drug-likeness (QED) is 0.808. The molecule has 2 nitrogen and oxygen atoms in total. The molecule has 1 heterocycles. The Balaban J connectivity index is 1.85. The lowest BCUT2D eigenvalue weighted by molar-refractivity contribution is 0.372. The summed E-state index contributed by atoms with van der Waals surface area (Å²) in [6.07, 6.45) is 1.73. The van der Waals surface area contributed by atoms with E-state index >= 15 is 0 Å². The topological polar surface area (TPSA) is 26.3 Å². The fourth-order valence-corrected chi connectivity index (χ4v) is 3.51. The summed E-state index contributed by atoms with van der Waals surface area (Å²) in [5.41, 5.74) is 5.06. The van der Waals surface area contributed by atoms with Crippen molar-refractivity contribution < 1.29 is 8.39 Å². The van der Waals surface area contributed by atoms with Crippen molar-refractivity contribution >= 4 is 11.1 Å². The molecule has 0 amide bonds. The zero-order valence-corrected chi connectivity index (χ0v) is 12.6. The van der Waals surface area contributed by atoms with Crippen LogP contribution in [0.15, 0.2) is 71.8 Å². The molecule has 2 aromatic carbocycles. The highest BCUT2D eigenvalue weighted by molar-refractivity contribution is 7.80. The van der Waals surface area contributed by atoms with Crippen molar-refractivity contribution in [3.8, 4) is 0 Å². The van der Waals surface area contributed by atoms with Gasteiger partial charge in [0.1, 0.15) is 0 Å². The first-order valence-corrected chi connectivity index (χ1v) is 8.35. The predicted molar refractivity (Wildman–Crippen MR) is 86.3 cm³/mol. The van der Waals surface area contributed by atoms with Crippen LogP contribution in [0.5, 0.6) is 0 Å². The van der Waals surface area contributed by atoms with Crippen molar-refractivity contribution in [1.82, 2.24) is 0 Å². The molecule has 0 aliphatic carbocycles. The van der Waals surface area contributed by atoms with Crippen LogP contribution >= 0.6 is 0 Å². The lowest BCUT2D eigenvalue weighted by Crippen LogP contribution is -2.19. The van der Waals surface area contributed by atoms with Crippen molar-refractivity contribution in [1.29, 1.82) is 0 Å². The third kappa shape index (κ3) is 3.90. The van der Waals surface area contributed by atoms with Crippen LogP contribution in [0.3, 0.4) is 0 Å². The second kappa shape index (κ2) is 6.83. The maximum absolute atomic E-state index is 11.7. The lowest BCUT2D eigenvalue weighted by atomic mass is 9.96. The van der Waals surface area contributed by atoms with Crippen LogP contribution in [0.2, 0.25) is 0 Å². The Labute approximate surface area is 128 Å². The Morgan fingerprint density at radius 3 is 1.90 bits per heavy atom. The molecular formula is C18H18O2S. The summed E-state index contributed by atoms with van der Waals surface area (Å²) in [7, 11) is 0. The normalized spacial score (nSPS) is 18.8. The summed E-state index contributed by atoms with van der Waals surface area (Å²) < 4.78 is 17.1. The van der Waals surface area contributed by atoms with E-state index in [1.54, 1.807) is 0 Å². The van der Waals surface area contributed by atoms with E-state index in [4.69, 9.17) is 4.18 Å². The van der Waals surface area contributed by atoms with Crippen LogP contribution in [-0.4, -0.2) is 16.6 Å². The van der Waals surface area contributed by atoms with E-state index in [2.05, 4.69) is 36.4 Å². The number of hydrogen-bond acceptors (Lipinski definition) is 2. The summed E-state index contributed by atoms with van der Waals surface area (Å²) in [4.78, 5) is 0. The molecule has 3 heteroatoms. The minimum absolute atomic E-state index is 0.476. The molecular weight excluding hydrogens is 280 g/mol. The van der Waals surface area contributed by atoms with Crippen LogP contribution in [0.4, 0.5) is 0 Å². The van der Waals surface area contributed by atoms with E-state index in [0.29, 0.717) is 12.4 Å². The van der Waals surface area contributed by atoms with Crippen molar-refractivity contribution in [3.05, 3.63) is 82.9 Å². The molecule has 0 saturated heterocycles. The first-order valence-electron chi connectivity index (χ1n) is 7.10. The highest BCUT2D eigenvalue weighted by Gasteiger charge is 2.18. The second-order valence-corrected chi connectivity index (χ2v) is 6.37. The fraction of sp³-hybridized carbons (Fsp3) is 0.222. The average Bonchev–Trinajstić information content (AvgIpc) is 2.52. The van der Waals surface area contributed by atoms with E-state index in [-0.39, 0.29) is 0 Å². The maximum atomic E-state index is 11.7.